The van der Waals surface area contributed by atoms with Gasteiger partial charge in [-0.15, -0.1) is 6.58 Å². The zero-order valence-corrected chi connectivity index (χ0v) is 12.3. The molecule has 1 rings (SSSR count). The molecular formula is C17H27NO. The van der Waals surface area contributed by atoms with Crippen LogP contribution in [0.4, 0.5) is 0 Å². The first kappa shape index (κ1) is 15.8. The number of hydrogen-bond donors (Lipinski definition) is 1. The van der Waals surface area contributed by atoms with E-state index in [0.29, 0.717) is 6.04 Å². The van der Waals surface area contributed by atoms with Gasteiger partial charge in [-0.1, -0.05) is 31.2 Å². The second kappa shape index (κ2) is 9.62. The molecule has 0 aromatic heterocycles. The van der Waals surface area contributed by atoms with Gasteiger partial charge in [0.15, 0.2) is 0 Å². The van der Waals surface area contributed by atoms with Crippen LogP contribution in [0, 0.1) is 0 Å². The molecule has 0 spiro atoms. The van der Waals surface area contributed by atoms with E-state index in [9.17, 15) is 0 Å². The fourth-order valence-corrected chi connectivity index (χ4v) is 1.87. The number of hydrogen-bond acceptors (Lipinski definition) is 2. The lowest BCUT2D eigenvalue weighted by atomic mass is 10.1. The zero-order valence-electron chi connectivity index (χ0n) is 12.3. The lowest BCUT2D eigenvalue weighted by molar-refractivity contribution is 0.302. The Morgan fingerprint density at radius 2 is 2.11 bits per heavy atom. The Morgan fingerprint density at radius 1 is 1.32 bits per heavy atom. The molecule has 1 aromatic rings. The maximum absolute atomic E-state index is 5.85. The Balaban J connectivity index is 2.20. The molecule has 0 heterocycles. The van der Waals surface area contributed by atoms with E-state index in [0.717, 1.165) is 38.2 Å². The molecule has 19 heavy (non-hydrogen) atoms. The summed E-state index contributed by atoms with van der Waals surface area (Å²) < 4.78 is 5.85. The number of unbranched alkanes of at least 4 members (excludes halogenated alkanes) is 1. The van der Waals surface area contributed by atoms with Gasteiger partial charge in [-0.3, -0.25) is 0 Å². The maximum atomic E-state index is 5.85. The maximum Gasteiger partial charge on any atom is 0.122 e. The number of benzene rings is 1. The summed E-state index contributed by atoms with van der Waals surface area (Å²) in [5, 5.41) is 3.49. The topological polar surface area (TPSA) is 21.3 Å². The van der Waals surface area contributed by atoms with Crippen LogP contribution in [-0.4, -0.2) is 19.2 Å². The summed E-state index contributed by atoms with van der Waals surface area (Å²) in [5.41, 5.74) is 1.22. The first-order chi connectivity index (χ1) is 9.27. The molecule has 0 radical (unpaired) electrons. The summed E-state index contributed by atoms with van der Waals surface area (Å²) in [6.07, 6.45) is 6.22. The van der Waals surface area contributed by atoms with Crippen molar-refractivity contribution >= 4 is 0 Å². The molecule has 0 aliphatic carbocycles. The number of nitrogens with one attached hydrogen (secondary N) is 1. The molecule has 0 aliphatic heterocycles. The highest BCUT2D eigenvalue weighted by atomic mass is 16.5. The van der Waals surface area contributed by atoms with E-state index in [4.69, 9.17) is 4.74 Å². The van der Waals surface area contributed by atoms with Crippen LogP contribution in [-0.2, 0) is 6.42 Å². The highest BCUT2D eigenvalue weighted by Gasteiger charge is 2.01. The summed E-state index contributed by atoms with van der Waals surface area (Å²) in [7, 11) is 0. The quantitative estimate of drug-likeness (QED) is 0.508. The summed E-state index contributed by atoms with van der Waals surface area (Å²) in [5.74, 6) is 0.997. The first-order valence-corrected chi connectivity index (χ1v) is 7.33. The van der Waals surface area contributed by atoms with E-state index in [1.54, 1.807) is 0 Å². The second-order valence-corrected chi connectivity index (χ2v) is 4.92. The monoisotopic (exact) mass is 261 g/mol. The molecule has 0 saturated carbocycles. The van der Waals surface area contributed by atoms with Crippen molar-refractivity contribution in [1.82, 2.24) is 5.32 Å². The Hall–Kier alpha value is -1.28. The smallest absolute Gasteiger partial charge is 0.122 e. The SMILES string of the molecule is C=CCc1ccccc1OCCCCN[C@@H](C)CC. The minimum atomic E-state index is 0.620. The summed E-state index contributed by atoms with van der Waals surface area (Å²) in [6.45, 7) is 10.1. The van der Waals surface area contributed by atoms with Crippen LogP contribution < -0.4 is 10.1 Å². The van der Waals surface area contributed by atoms with Crippen LogP contribution in [0.2, 0.25) is 0 Å². The van der Waals surface area contributed by atoms with Gasteiger partial charge < -0.3 is 10.1 Å². The van der Waals surface area contributed by atoms with E-state index in [1.165, 1.54) is 12.0 Å². The third-order valence-corrected chi connectivity index (χ3v) is 3.27. The molecular weight excluding hydrogens is 234 g/mol. The lowest BCUT2D eigenvalue weighted by Gasteiger charge is -2.12. The minimum Gasteiger partial charge on any atom is -0.493 e. The minimum absolute atomic E-state index is 0.620. The van der Waals surface area contributed by atoms with E-state index < -0.39 is 0 Å². The molecule has 106 valence electrons. The van der Waals surface area contributed by atoms with Gasteiger partial charge in [0, 0.05) is 6.04 Å². The molecule has 2 heteroatoms. The number of allylic oxidation sites excluding steroid dienone is 1. The predicted molar refractivity (Wildman–Crippen MR) is 82.8 cm³/mol. The van der Waals surface area contributed by atoms with Crippen molar-refractivity contribution in [1.29, 1.82) is 0 Å². The van der Waals surface area contributed by atoms with Crippen LogP contribution in [0.3, 0.4) is 0 Å². The Morgan fingerprint density at radius 3 is 2.84 bits per heavy atom. The van der Waals surface area contributed by atoms with Gasteiger partial charge in [0.25, 0.3) is 0 Å². The molecule has 0 unspecified atom stereocenters. The molecule has 1 atom stereocenters. The van der Waals surface area contributed by atoms with Gasteiger partial charge in [0.2, 0.25) is 0 Å². The van der Waals surface area contributed by atoms with Crippen molar-refractivity contribution in [3.8, 4) is 5.75 Å². The van der Waals surface area contributed by atoms with Crippen molar-refractivity contribution < 1.29 is 4.74 Å². The number of rotatable bonds is 10. The molecule has 1 N–H and O–H groups in total. The summed E-state index contributed by atoms with van der Waals surface area (Å²) >= 11 is 0. The molecule has 1 aromatic carbocycles. The van der Waals surface area contributed by atoms with E-state index in [2.05, 4.69) is 31.8 Å². The van der Waals surface area contributed by atoms with Crippen LogP contribution >= 0.6 is 0 Å². The van der Waals surface area contributed by atoms with Crippen molar-refractivity contribution in [2.75, 3.05) is 13.2 Å². The molecule has 2 nitrogen and oxygen atoms in total. The Kier molecular flexibility index (Phi) is 7.99. The fraction of sp³-hybridized carbons (Fsp3) is 0.529. The molecule has 0 aliphatic rings. The van der Waals surface area contributed by atoms with Gasteiger partial charge in [0.05, 0.1) is 6.61 Å². The van der Waals surface area contributed by atoms with Crippen molar-refractivity contribution in [3.63, 3.8) is 0 Å². The first-order valence-electron chi connectivity index (χ1n) is 7.33. The second-order valence-electron chi connectivity index (χ2n) is 4.92. The van der Waals surface area contributed by atoms with E-state index in [-0.39, 0.29) is 0 Å². The van der Waals surface area contributed by atoms with Gasteiger partial charge in [0.1, 0.15) is 5.75 Å². The van der Waals surface area contributed by atoms with Crippen LogP contribution in [0.15, 0.2) is 36.9 Å². The Bertz CT molecular complexity index is 362. The average Bonchev–Trinajstić information content (AvgIpc) is 2.44. The molecule has 0 fully saturated rings. The Labute approximate surface area is 117 Å². The highest BCUT2D eigenvalue weighted by Crippen LogP contribution is 2.18. The standard InChI is InChI=1S/C17H27NO/c1-4-10-16-11-6-7-12-17(16)19-14-9-8-13-18-15(3)5-2/h4,6-7,11-12,15,18H,1,5,8-10,13-14H2,2-3H3/t15-/m0/s1. The number of ether oxygens (including phenoxy) is 1. The molecule has 0 amide bonds. The van der Waals surface area contributed by atoms with Gasteiger partial charge in [-0.2, -0.15) is 0 Å². The average molecular weight is 261 g/mol. The summed E-state index contributed by atoms with van der Waals surface area (Å²) in [6, 6.07) is 8.82. The van der Waals surface area contributed by atoms with Crippen LogP contribution in [0.25, 0.3) is 0 Å². The van der Waals surface area contributed by atoms with Crippen molar-refractivity contribution in [2.45, 2.75) is 45.6 Å². The highest BCUT2D eigenvalue weighted by molar-refractivity contribution is 5.34. The van der Waals surface area contributed by atoms with E-state index in [1.807, 2.05) is 24.3 Å². The van der Waals surface area contributed by atoms with Gasteiger partial charge in [-0.05, 0) is 50.8 Å². The normalized spacial score (nSPS) is 12.1. The molecule has 0 saturated heterocycles. The largest absolute Gasteiger partial charge is 0.493 e. The zero-order chi connectivity index (χ0) is 13.9. The third kappa shape index (κ3) is 6.44. The van der Waals surface area contributed by atoms with Crippen LogP contribution in [0.5, 0.6) is 5.75 Å². The van der Waals surface area contributed by atoms with Crippen molar-refractivity contribution in [3.05, 3.63) is 42.5 Å². The lowest BCUT2D eigenvalue weighted by Crippen LogP contribution is -2.26. The number of para-hydroxylation sites is 1. The van der Waals surface area contributed by atoms with Crippen molar-refractivity contribution in [2.24, 2.45) is 0 Å². The molecule has 0 bridgehead atoms. The van der Waals surface area contributed by atoms with Gasteiger partial charge in [-0.25, -0.2) is 0 Å². The van der Waals surface area contributed by atoms with E-state index >= 15 is 0 Å². The van der Waals surface area contributed by atoms with Gasteiger partial charge >= 0.3 is 0 Å². The summed E-state index contributed by atoms with van der Waals surface area (Å²) in [4.78, 5) is 0. The fourth-order valence-electron chi connectivity index (χ4n) is 1.87. The predicted octanol–water partition coefficient (Wildman–Crippen LogP) is 3.96. The third-order valence-electron chi connectivity index (χ3n) is 3.27. The van der Waals surface area contributed by atoms with Crippen LogP contribution in [0.1, 0.15) is 38.7 Å².